The van der Waals surface area contributed by atoms with Gasteiger partial charge in [-0.05, 0) is 42.0 Å². The lowest BCUT2D eigenvalue weighted by atomic mass is 10.2. The smallest absolute Gasteiger partial charge is 0.186 e. The lowest BCUT2D eigenvalue weighted by molar-refractivity contribution is 0.306. The first-order valence-corrected chi connectivity index (χ1v) is 7.93. The van der Waals surface area contributed by atoms with E-state index in [0.717, 1.165) is 11.1 Å². The van der Waals surface area contributed by atoms with E-state index in [4.69, 9.17) is 40.2 Å². The van der Waals surface area contributed by atoms with E-state index in [1.165, 1.54) is 0 Å². The van der Waals surface area contributed by atoms with Crippen LogP contribution in [0.3, 0.4) is 0 Å². The summed E-state index contributed by atoms with van der Waals surface area (Å²) in [5.74, 6) is 0.695. The fraction of sp³-hybridized carbons (Fsp3) is 0.125. The Labute approximate surface area is 150 Å². The number of nitrogens with zero attached hydrogens (tertiary/aromatic N) is 1. The van der Waals surface area contributed by atoms with Crippen LogP contribution >= 0.6 is 35.4 Å². The zero-order chi connectivity index (χ0) is 16.7. The molecule has 0 unspecified atom stereocenters. The highest BCUT2D eigenvalue weighted by molar-refractivity contribution is 7.80. The third-order valence-electron chi connectivity index (χ3n) is 2.91. The minimum atomic E-state index is 0.293. The van der Waals surface area contributed by atoms with Gasteiger partial charge >= 0.3 is 0 Å². The van der Waals surface area contributed by atoms with Gasteiger partial charge in [-0.2, -0.15) is 5.10 Å². The molecule has 0 fully saturated rings. The van der Waals surface area contributed by atoms with Gasteiger partial charge in [0, 0.05) is 22.7 Å². The Hall–Kier alpha value is -1.82. The van der Waals surface area contributed by atoms with Crippen LogP contribution in [0.4, 0.5) is 0 Å². The Morgan fingerprint density at radius 3 is 2.61 bits per heavy atom. The molecule has 4 nitrogen and oxygen atoms in total. The van der Waals surface area contributed by atoms with Crippen LogP contribution in [-0.4, -0.2) is 18.4 Å². The molecule has 0 saturated heterocycles. The standard InChI is InChI=1S/C16H15Cl2N3OS/c1-19-16(23)21-20-9-11-4-2-5-12(8-11)22-10-13-14(17)6-3-7-15(13)18/h2-9H,10H2,1H3,(H2,19,21,23)/b20-9+. The molecule has 7 heteroatoms. The number of benzene rings is 2. The Kier molecular flexibility index (Phi) is 6.65. The molecule has 0 aliphatic rings. The minimum Gasteiger partial charge on any atom is -0.489 e. The van der Waals surface area contributed by atoms with Crippen molar-refractivity contribution < 1.29 is 4.74 Å². The highest BCUT2D eigenvalue weighted by atomic mass is 35.5. The van der Waals surface area contributed by atoms with E-state index < -0.39 is 0 Å². The normalized spacial score (nSPS) is 10.6. The van der Waals surface area contributed by atoms with Crippen molar-refractivity contribution in [1.29, 1.82) is 0 Å². The van der Waals surface area contributed by atoms with E-state index in [9.17, 15) is 0 Å². The van der Waals surface area contributed by atoms with Gasteiger partial charge in [0.1, 0.15) is 12.4 Å². The molecular formula is C16H15Cl2N3OS. The Morgan fingerprint density at radius 1 is 1.22 bits per heavy atom. The third kappa shape index (κ3) is 5.39. The highest BCUT2D eigenvalue weighted by Gasteiger charge is 2.06. The Morgan fingerprint density at radius 2 is 1.91 bits per heavy atom. The SMILES string of the molecule is CNC(=S)N/N=C/c1cccc(OCc2c(Cl)cccc2Cl)c1. The van der Waals surface area contributed by atoms with E-state index in [-0.39, 0.29) is 0 Å². The van der Waals surface area contributed by atoms with Gasteiger partial charge in [0.2, 0.25) is 0 Å². The maximum atomic E-state index is 6.13. The van der Waals surface area contributed by atoms with Crippen LogP contribution < -0.4 is 15.5 Å². The summed E-state index contributed by atoms with van der Waals surface area (Å²) in [5.41, 5.74) is 4.32. The number of ether oxygens (including phenoxy) is 1. The first-order chi connectivity index (χ1) is 11.1. The molecule has 0 bridgehead atoms. The lowest BCUT2D eigenvalue weighted by Crippen LogP contribution is -2.28. The van der Waals surface area contributed by atoms with E-state index in [0.29, 0.717) is 27.5 Å². The van der Waals surface area contributed by atoms with Gasteiger partial charge in [0.15, 0.2) is 5.11 Å². The van der Waals surface area contributed by atoms with Gasteiger partial charge in [-0.3, -0.25) is 5.43 Å². The first kappa shape index (κ1) is 17.5. The molecular weight excluding hydrogens is 353 g/mol. The summed E-state index contributed by atoms with van der Waals surface area (Å²) >= 11 is 17.2. The first-order valence-electron chi connectivity index (χ1n) is 6.76. The number of hydrazone groups is 1. The predicted octanol–water partition coefficient (Wildman–Crippen LogP) is 4.00. The average Bonchev–Trinajstić information content (AvgIpc) is 2.54. The van der Waals surface area contributed by atoms with Crippen LogP contribution in [0.5, 0.6) is 5.75 Å². The van der Waals surface area contributed by atoms with Gasteiger partial charge in [0.05, 0.1) is 6.21 Å². The molecule has 0 spiro atoms. The Bertz CT molecular complexity index is 702. The number of halogens is 2. The number of nitrogens with one attached hydrogen (secondary N) is 2. The van der Waals surface area contributed by atoms with Gasteiger partial charge in [-0.25, -0.2) is 0 Å². The largest absolute Gasteiger partial charge is 0.489 e. The molecule has 2 rings (SSSR count). The molecule has 0 amide bonds. The fourth-order valence-corrected chi connectivity index (χ4v) is 2.29. The second-order valence-corrected chi connectivity index (χ2v) is 5.73. The maximum absolute atomic E-state index is 6.13. The third-order valence-corrected chi connectivity index (χ3v) is 3.91. The summed E-state index contributed by atoms with van der Waals surface area (Å²) in [6.45, 7) is 0.293. The lowest BCUT2D eigenvalue weighted by Gasteiger charge is -2.09. The van der Waals surface area contributed by atoms with E-state index >= 15 is 0 Å². The molecule has 0 atom stereocenters. The predicted molar refractivity (Wildman–Crippen MR) is 99.6 cm³/mol. The van der Waals surface area contributed by atoms with Gasteiger partial charge < -0.3 is 10.1 Å². The van der Waals surface area contributed by atoms with Crippen molar-refractivity contribution in [3.8, 4) is 5.75 Å². The number of thiocarbonyl (C=S) groups is 1. The summed E-state index contributed by atoms with van der Waals surface area (Å²) in [5, 5.41) is 8.41. The van der Waals surface area contributed by atoms with Crippen molar-refractivity contribution in [3.05, 3.63) is 63.6 Å². The van der Waals surface area contributed by atoms with Gasteiger partial charge in [-0.1, -0.05) is 41.4 Å². The quantitative estimate of drug-likeness (QED) is 0.476. The van der Waals surface area contributed by atoms with Crippen LogP contribution in [0.25, 0.3) is 0 Å². The topological polar surface area (TPSA) is 45.7 Å². The average molecular weight is 368 g/mol. The summed E-state index contributed by atoms with van der Waals surface area (Å²) < 4.78 is 5.75. The van der Waals surface area contributed by atoms with Crippen LogP contribution in [0.2, 0.25) is 10.0 Å². The molecule has 0 heterocycles. The van der Waals surface area contributed by atoms with Crippen molar-refractivity contribution >= 4 is 46.7 Å². The molecule has 2 aromatic carbocycles. The molecule has 0 aliphatic heterocycles. The molecule has 2 N–H and O–H groups in total. The second kappa shape index (κ2) is 8.72. The second-order valence-electron chi connectivity index (χ2n) is 4.51. The van der Waals surface area contributed by atoms with Gasteiger partial charge in [0.25, 0.3) is 0 Å². The van der Waals surface area contributed by atoms with E-state index in [2.05, 4.69) is 15.8 Å². The Balaban J connectivity index is 2.01. The monoisotopic (exact) mass is 367 g/mol. The maximum Gasteiger partial charge on any atom is 0.186 e. The summed E-state index contributed by atoms with van der Waals surface area (Å²) in [6.07, 6.45) is 1.65. The molecule has 23 heavy (non-hydrogen) atoms. The van der Waals surface area contributed by atoms with E-state index in [1.54, 1.807) is 31.5 Å². The van der Waals surface area contributed by atoms with Crippen LogP contribution in [-0.2, 0) is 6.61 Å². The van der Waals surface area contributed by atoms with Crippen LogP contribution in [0, 0.1) is 0 Å². The molecule has 0 aromatic heterocycles. The molecule has 2 aromatic rings. The number of hydrogen-bond acceptors (Lipinski definition) is 3. The zero-order valence-corrected chi connectivity index (χ0v) is 14.7. The van der Waals surface area contributed by atoms with Crippen molar-refractivity contribution in [1.82, 2.24) is 10.7 Å². The minimum absolute atomic E-state index is 0.293. The molecule has 120 valence electrons. The summed E-state index contributed by atoms with van der Waals surface area (Å²) in [7, 11) is 1.72. The van der Waals surface area contributed by atoms with Crippen molar-refractivity contribution in [2.75, 3.05) is 7.05 Å². The van der Waals surface area contributed by atoms with Crippen molar-refractivity contribution in [3.63, 3.8) is 0 Å². The van der Waals surface area contributed by atoms with Crippen molar-refractivity contribution in [2.45, 2.75) is 6.61 Å². The van der Waals surface area contributed by atoms with E-state index in [1.807, 2.05) is 24.3 Å². The number of hydrogen-bond donors (Lipinski definition) is 2. The van der Waals surface area contributed by atoms with Crippen LogP contribution in [0.15, 0.2) is 47.6 Å². The molecule has 0 saturated carbocycles. The zero-order valence-electron chi connectivity index (χ0n) is 12.3. The molecule has 0 aliphatic carbocycles. The molecule has 0 radical (unpaired) electrons. The van der Waals surface area contributed by atoms with Gasteiger partial charge in [-0.15, -0.1) is 0 Å². The number of rotatable bonds is 5. The highest BCUT2D eigenvalue weighted by Crippen LogP contribution is 2.25. The van der Waals surface area contributed by atoms with Crippen molar-refractivity contribution in [2.24, 2.45) is 5.10 Å². The van der Waals surface area contributed by atoms with Crippen LogP contribution in [0.1, 0.15) is 11.1 Å². The fourth-order valence-electron chi connectivity index (χ4n) is 1.73. The summed E-state index contributed by atoms with van der Waals surface area (Å²) in [6, 6.07) is 12.9. The summed E-state index contributed by atoms with van der Waals surface area (Å²) in [4.78, 5) is 0.